The maximum absolute atomic E-state index is 11.5. The molecule has 0 spiro atoms. The maximum atomic E-state index is 11.5. The van der Waals surface area contributed by atoms with Crippen LogP contribution in [-0.4, -0.2) is 43.6 Å². The lowest BCUT2D eigenvalue weighted by molar-refractivity contribution is -0.122. The number of pyridine rings is 1. The van der Waals surface area contributed by atoms with Crippen molar-refractivity contribution in [1.29, 1.82) is 0 Å². The predicted molar refractivity (Wildman–Crippen MR) is 105 cm³/mol. The van der Waals surface area contributed by atoms with Crippen LogP contribution in [0.3, 0.4) is 0 Å². The van der Waals surface area contributed by atoms with E-state index in [2.05, 4.69) is 25.9 Å². The molecule has 1 saturated carbocycles. The average Bonchev–Trinajstić information content (AvgIpc) is 3.41. The first-order valence-corrected chi connectivity index (χ1v) is 8.01. The quantitative estimate of drug-likeness (QED) is 0.242. The Balaban J connectivity index is 0.00000288. The summed E-state index contributed by atoms with van der Waals surface area (Å²) >= 11 is 0. The number of nitrogens with zero attached hydrogens (tertiary/aromatic N) is 2. The lowest BCUT2D eigenvalue weighted by Crippen LogP contribution is -2.41. The summed E-state index contributed by atoms with van der Waals surface area (Å²) in [6, 6.07) is 3.77. The van der Waals surface area contributed by atoms with E-state index in [0.29, 0.717) is 25.5 Å². The van der Waals surface area contributed by atoms with Gasteiger partial charge in [0, 0.05) is 37.8 Å². The van der Waals surface area contributed by atoms with Crippen molar-refractivity contribution in [2.75, 3.05) is 26.7 Å². The molecule has 0 radical (unpaired) electrons. The summed E-state index contributed by atoms with van der Waals surface area (Å²) in [5.74, 6) is 1.72. The van der Waals surface area contributed by atoms with Gasteiger partial charge in [-0.25, -0.2) is 9.98 Å². The number of methoxy groups -OCH3 is 1. The Hall–Kier alpha value is -1.58. The average molecular weight is 447 g/mol. The van der Waals surface area contributed by atoms with Gasteiger partial charge in [-0.15, -0.1) is 24.0 Å². The number of aliphatic imine (C=N–C) groups is 1. The van der Waals surface area contributed by atoms with E-state index < -0.39 is 0 Å². The summed E-state index contributed by atoms with van der Waals surface area (Å²) in [6.45, 7) is 4.57. The number of guanidine groups is 1. The molecule has 1 aromatic rings. The lowest BCUT2D eigenvalue weighted by Gasteiger charge is -2.12. The zero-order valence-electron chi connectivity index (χ0n) is 14.2. The van der Waals surface area contributed by atoms with Crippen LogP contribution in [0.5, 0.6) is 5.88 Å². The molecule has 0 aromatic carbocycles. The third-order valence-corrected chi connectivity index (χ3v) is 3.44. The van der Waals surface area contributed by atoms with Gasteiger partial charge in [-0.3, -0.25) is 4.79 Å². The molecule has 0 bridgehead atoms. The first kappa shape index (κ1) is 20.5. The Bertz CT molecular complexity index is 549. The topological polar surface area (TPSA) is 87.6 Å². The summed E-state index contributed by atoms with van der Waals surface area (Å²) in [6.07, 6.45) is 3.76. The van der Waals surface area contributed by atoms with E-state index >= 15 is 0 Å². The minimum absolute atomic E-state index is 0. The highest BCUT2D eigenvalue weighted by atomic mass is 127. The van der Waals surface area contributed by atoms with E-state index in [1.807, 2.05) is 19.1 Å². The Morgan fingerprint density at radius 1 is 1.33 bits per heavy atom. The van der Waals surface area contributed by atoms with Crippen LogP contribution in [0.4, 0.5) is 0 Å². The van der Waals surface area contributed by atoms with Gasteiger partial charge in [0.25, 0.3) is 0 Å². The van der Waals surface area contributed by atoms with E-state index in [4.69, 9.17) is 4.74 Å². The third-order valence-electron chi connectivity index (χ3n) is 3.44. The number of hydrogen-bond donors (Lipinski definition) is 3. The monoisotopic (exact) mass is 447 g/mol. The number of amides is 1. The van der Waals surface area contributed by atoms with Gasteiger partial charge < -0.3 is 20.7 Å². The Kier molecular flexibility index (Phi) is 9.43. The SMILES string of the molecule is CCNC(=NCc1ccnc(OC)c1)NCCNC(=O)C1CC1.I. The van der Waals surface area contributed by atoms with Gasteiger partial charge in [-0.1, -0.05) is 0 Å². The molecule has 1 fully saturated rings. The van der Waals surface area contributed by atoms with Crippen molar-refractivity contribution in [2.24, 2.45) is 10.9 Å². The van der Waals surface area contributed by atoms with Crippen molar-refractivity contribution in [3.8, 4) is 5.88 Å². The molecule has 2 rings (SSSR count). The molecule has 1 heterocycles. The molecule has 1 aliphatic carbocycles. The lowest BCUT2D eigenvalue weighted by atomic mass is 10.3. The van der Waals surface area contributed by atoms with Crippen LogP contribution >= 0.6 is 24.0 Å². The standard InChI is InChI=1S/C16H25N5O2.HI/c1-3-17-16(20-9-8-19-15(22)13-4-5-13)21-11-12-6-7-18-14(10-12)23-2;/h6-7,10,13H,3-5,8-9,11H2,1-2H3,(H,19,22)(H2,17,20,21);1H. The molecule has 1 amide bonds. The largest absolute Gasteiger partial charge is 0.481 e. The van der Waals surface area contributed by atoms with Crippen LogP contribution in [0.2, 0.25) is 0 Å². The van der Waals surface area contributed by atoms with Crippen LogP contribution in [0.1, 0.15) is 25.3 Å². The number of rotatable bonds is 8. The van der Waals surface area contributed by atoms with Gasteiger partial charge in [-0.2, -0.15) is 0 Å². The van der Waals surface area contributed by atoms with Gasteiger partial charge in [0.2, 0.25) is 11.8 Å². The second-order valence-electron chi connectivity index (χ2n) is 5.39. The minimum atomic E-state index is 0. The highest BCUT2D eigenvalue weighted by molar-refractivity contribution is 14.0. The molecular formula is C16H26IN5O2. The summed E-state index contributed by atoms with van der Waals surface area (Å²) in [5, 5.41) is 9.32. The maximum Gasteiger partial charge on any atom is 0.223 e. The Labute approximate surface area is 160 Å². The molecule has 1 aromatic heterocycles. The molecule has 0 aliphatic heterocycles. The van der Waals surface area contributed by atoms with Crippen molar-refractivity contribution in [1.82, 2.24) is 20.9 Å². The van der Waals surface area contributed by atoms with Crippen LogP contribution in [-0.2, 0) is 11.3 Å². The molecule has 24 heavy (non-hydrogen) atoms. The number of hydrogen-bond acceptors (Lipinski definition) is 4. The normalized spacial score (nSPS) is 13.7. The predicted octanol–water partition coefficient (Wildman–Crippen LogP) is 1.29. The van der Waals surface area contributed by atoms with E-state index in [-0.39, 0.29) is 35.8 Å². The fraction of sp³-hybridized carbons (Fsp3) is 0.562. The second kappa shape index (κ2) is 11.1. The number of nitrogens with one attached hydrogen (secondary N) is 3. The minimum Gasteiger partial charge on any atom is -0.481 e. The van der Waals surface area contributed by atoms with Crippen LogP contribution in [0, 0.1) is 5.92 Å². The number of carbonyl (C=O) groups is 1. The van der Waals surface area contributed by atoms with Gasteiger partial charge in [0.05, 0.1) is 13.7 Å². The molecule has 7 nitrogen and oxygen atoms in total. The fourth-order valence-corrected chi connectivity index (χ4v) is 2.03. The van der Waals surface area contributed by atoms with Crippen molar-refractivity contribution < 1.29 is 9.53 Å². The molecule has 1 aliphatic rings. The van der Waals surface area contributed by atoms with E-state index in [0.717, 1.165) is 30.9 Å². The number of aromatic nitrogens is 1. The summed E-state index contributed by atoms with van der Waals surface area (Å²) < 4.78 is 5.10. The molecule has 0 unspecified atom stereocenters. The molecule has 3 N–H and O–H groups in total. The zero-order valence-corrected chi connectivity index (χ0v) is 16.5. The van der Waals surface area contributed by atoms with Crippen molar-refractivity contribution in [2.45, 2.75) is 26.3 Å². The molecule has 134 valence electrons. The molecule has 0 saturated heterocycles. The van der Waals surface area contributed by atoms with Crippen LogP contribution < -0.4 is 20.7 Å². The van der Waals surface area contributed by atoms with Gasteiger partial charge in [-0.05, 0) is 31.4 Å². The fourth-order valence-electron chi connectivity index (χ4n) is 2.03. The third kappa shape index (κ3) is 7.33. The van der Waals surface area contributed by atoms with Crippen LogP contribution in [0.15, 0.2) is 23.3 Å². The van der Waals surface area contributed by atoms with E-state index in [1.54, 1.807) is 13.3 Å². The van der Waals surface area contributed by atoms with Crippen molar-refractivity contribution in [3.63, 3.8) is 0 Å². The number of ether oxygens (including phenoxy) is 1. The summed E-state index contributed by atoms with van der Waals surface area (Å²) in [5.41, 5.74) is 1.02. The zero-order chi connectivity index (χ0) is 16.5. The van der Waals surface area contributed by atoms with E-state index in [1.165, 1.54) is 0 Å². The van der Waals surface area contributed by atoms with Crippen molar-refractivity contribution in [3.05, 3.63) is 23.9 Å². The number of carbonyl (C=O) groups excluding carboxylic acids is 1. The van der Waals surface area contributed by atoms with Gasteiger partial charge in [0.1, 0.15) is 0 Å². The molecule has 8 heteroatoms. The van der Waals surface area contributed by atoms with Gasteiger partial charge >= 0.3 is 0 Å². The summed E-state index contributed by atoms with van der Waals surface area (Å²) in [4.78, 5) is 20.1. The summed E-state index contributed by atoms with van der Waals surface area (Å²) in [7, 11) is 1.59. The van der Waals surface area contributed by atoms with Crippen LogP contribution in [0.25, 0.3) is 0 Å². The second-order valence-corrected chi connectivity index (χ2v) is 5.39. The first-order valence-electron chi connectivity index (χ1n) is 8.01. The highest BCUT2D eigenvalue weighted by Crippen LogP contribution is 2.28. The highest BCUT2D eigenvalue weighted by Gasteiger charge is 2.28. The Morgan fingerprint density at radius 2 is 2.08 bits per heavy atom. The smallest absolute Gasteiger partial charge is 0.223 e. The Morgan fingerprint density at radius 3 is 2.75 bits per heavy atom. The number of halogens is 1. The van der Waals surface area contributed by atoms with E-state index in [9.17, 15) is 4.79 Å². The molecular weight excluding hydrogens is 421 g/mol. The van der Waals surface area contributed by atoms with Gasteiger partial charge in [0.15, 0.2) is 5.96 Å². The van der Waals surface area contributed by atoms with Crippen molar-refractivity contribution >= 4 is 35.8 Å². The molecule has 0 atom stereocenters. The first-order chi connectivity index (χ1) is 11.2.